The largest absolute Gasteiger partial charge is 0.340 e. The van der Waals surface area contributed by atoms with E-state index in [1.165, 1.54) is 11.3 Å². The summed E-state index contributed by atoms with van der Waals surface area (Å²) in [5.41, 5.74) is 0.330. The zero-order chi connectivity index (χ0) is 12.4. The van der Waals surface area contributed by atoms with Gasteiger partial charge >= 0.3 is 0 Å². The van der Waals surface area contributed by atoms with Gasteiger partial charge in [-0.25, -0.2) is 4.98 Å². The van der Waals surface area contributed by atoms with E-state index < -0.39 is 0 Å². The lowest BCUT2D eigenvalue weighted by Gasteiger charge is -1.95. The standard InChI is InChI=1S/C11H9BrN2O2S/c1-14-4-8(13-6-14)9(15)3-10(16)11-2-7(12)5-17-11/h2,4-6H,3H2,1H3. The fourth-order valence-corrected chi connectivity index (χ4v) is 2.71. The normalized spacial score (nSPS) is 10.5. The lowest BCUT2D eigenvalue weighted by Crippen LogP contribution is -2.07. The maximum atomic E-state index is 11.8. The summed E-state index contributed by atoms with van der Waals surface area (Å²) < 4.78 is 2.54. The summed E-state index contributed by atoms with van der Waals surface area (Å²) in [4.78, 5) is 28.0. The van der Waals surface area contributed by atoms with Crippen LogP contribution in [0.2, 0.25) is 0 Å². The van der Waals surface area contributed by atoms with Crippen LogP contribution in [0.4, 0.5) is 0 Å². The van der Waals surface area contributed by atoms with Gasteiger partial charge in [0.05, 0.1) is 17.6 Å². The van der Waals surface area contributed by atoms with E-state index in [0.717, 1.165) is 4.47 Å². The van der Waals surface area contributed by atoms with Crippen LogP contribution in [0, 0.1) is 0 Å². The average molecular weight is 313 g/mol. The first-order valence-electron chi connectivity index (χ1n) is 4.84. The quantitative estimate of drug-likeness (QED) is 0.644. The first-order chi connectivity index (χ1) is 8.06. The molecule has 0 saturated carbocycles. The molecule has 0 radical (unpaired) electrons. The molecule has 2 aromatic rings. The second kappa shape index (κ2) is 4.93. The minimum absolute atomic E-state index is 0.135. The minimum Gasteiger partial charge on any atom is -0.340 e. The molecule has 0 spiro atoms. The van der Waals surface area contributed by atoms with E-state index in [-0.39, 0.29) is 18.0 Å². The monoisotopic (exact) mass is 312 g/mol. The van der Waals surface area contributed by atoms with Gasteiger partial charge in [-0.3, -0.25) is 9.59 Å². The molecule has 0 aliphatic carbocycles. The van der Waals surface area contributed by atoms with E-state index >= 15 is 0 Å². The number of ketones is 2. The van der Waals surface area contributed by atoms with Gasteiger partial charge in [0.1, 0.15) is 5.69 Å². The van der Waals surface area contributed by atoms with Gasteiger partial charge in [0.15, 0.2) is 11.6 Å². The Morgan fingerprint density at radius 1 is 1.47 bits per heavy atom. The van der Waals surface area contributed by atoms with E-state index in [4.69, 9.17) is 0 Å². The van der Waals surface area contributed by atoms with Crippen LogP contribution >= 0.6 is 27.3 Å². The van der Waals surface area contributed by atoms with Crippen molar-refractivity contribution in [2.75, 3.05) is 0 Å². The number of rotatable bonds is 4. The number of hydrogen-bond donors (Lipinski definition) is 0. The molecular formula is C11H9BrN2O2S. The molecule has 2 aromatic heterocycles. The highest BCUT2D eigenvalue weighted by Gasteiger charge is 2.16. The minimum atomic E-state index is -0.250. The molecule has 0 N–H and O–H groups in total. The zero-order valence-electron chi connectivity index (χ0n) is 9.01. The lowest BCUT2D eigenvalue weighted by molar-refractivity contribution is 0.0894. The maximum absolute atomic E-state index is 11.8. The predicted octanol–water partition coefficient (Wildman–Crippen LogP) is 2.70. The molecule has 0 unspecified atom stereocenters. The van der Waals surface area contributed by atoms with Crippen LogP contribution in [0.1, 0.15) is 26.6 Å². The fraction of sp³-hybridized carbons (Fsp3) is 0.182. The van der Waals surface area contributed by atoms with Crippen LogP contribution in [-0.4, -0.2) is 21.1 Å². The summed E-state index contributed by atoms with van der Waals surface area (Å²) in [6.07, 6.45) is 3.02. The lowest BCUT2D eigenvalue weighted by atomic mass is 10.1. The first-order valence-corrected chi connectivity index (χ1v) is 6.52. The Morgan fingerprint density at radius 3 is 2.76 bits per heavy atom. The van der Waals surface area contributed by atoms with Crippen LogP contribution in [-0.2, 0) is 7.05 Å². The number of nitrogens with zero attached hydrogens (tertiary/aromatic N) is 2. The molecule has 0 bridgehead atoms. The summed E-state index contributed by atoms with van der Waals surface area (Å²) in [6, 6.07) is 1.72. The van der Waals surface area contributed by atoms with Crippen LogP contribution in [0.15, 0.2) is 28.4 Å². The summed E-state index contributed by atoms with van der Waals surface area (Å²) in [5, 5.41) is 1.82. The molecule has 17 heavy (non-hydrogen) atoms. The van der Waals surface area contributed by atoms with Gasteiger partial charge in [-0.2, -0.15) is 0 Å². The zero-order valence-corrected chi connectivity index (χ0v) is 11.4. The van der Waals surface area contributed by atoms with Gasteiger partial charge in [0, 0.05) is 23.1 Å². The summed E-state index contributed by atoms with van der Waals surface area (Å²) in [6.45, 7) is 0. The Labute approximate surface area is 110 Å². The highest BCUT2D eigenvalue weighted by atomic mass is 79.9. The molecule has 2 rings (SSSR count). The van der Waals surface area contributed by atoms with Gasteiger partial charge in [-0.15, -0.1) is 11.3 Å². The third-order valence-electron chi connectivity index (χ3n) is 2.15. The number of aryl methyl sites for hydroxylation is 1. The van der Waals surface area contributed by atoms with E-state index in [1.54, 1.807) is 30.2 Å². The maximum Gasteiger partial charge on any atom is 0.190 e. The SMILES string of the molecule is Cn1cnc(C(=O)CC(=O)c2cc(Br)cs2)c1. The molecule has 0 aliphatic rings. The third kappa shape index (κ3) is 2.89. The van der Waals surface area contributed by atoms with Crippen molar-refractivity contribution in [2.24, 2.45) is 7.05 Å². The van der Waals surface area contributed by atoms with Crippen LogP contribution in [0.5, 0.6) is 0 Å². The van der Waals surface area contributed by atoms with Crippen molar-refractivity contribution < 1.29 is 9.59 Å². The highest BCUT2D eigenvalue weighted by Crippen LogP contribution is 2.21. The Morgan fingerprint density at radius 2 is 2.24 bits per heavy atom. The van der Waals surface area contributed by atoms with E-state index in [0.29, 0.717) is 10.6 Å². The first kappa shape index (κ1) is 12.2. The highest BCUT2D eigenvalue weighted by molar-refractivity contribution is 9.10. The molecule has 0 aromatic carbocycles. The van der Waals surface area contributed by atoms with Crippen molar-refractivity contribution in [1.82, 2.24) is 9.55 Å². The van der Waals surface area contributed by atoms with Crippen molar-refractivity contribution in [2.45, 2.75) is 6.42 Å². The Kier molecular flexibility index (Phi) is 3.54. The van der Waals surface area contributed by atoms with Gasteiger partial charge in [-0.05, 0) is 22.0 Å². The van der Waals surface area contributed by atoms with Gasteiger partial charge in [-0.1, -0.05) is 0 Å². The second-order valence-electron chi connectivity index (χ2n) is 3.58. The Bertz CT molecular complexity index is 523. The van der Waals surface area contributed by atoms with Gasteiger partial charge < -0.3 is 4.57 Å². The summed E-state index contributed by atoms with van der Waals surface area (Å²) in [7, 11) is 1.78. The topological polar surface area (TPSA) is 52.0 Å². The summed E-state index contributed by atoms with van der Waals surface area (Å²) >= 11 is 4.60. The molecule has 0 aliphatic heterocycles. The average Bonchev–Trinajstić information content (AvgIpc) is 2.87. The van der Waals surface area contributed by atoms with E-state index in [1.807, 2.05) is 5.38 Å². The van der Waals surface area contributed by atoms with Crippen molar-refractivity contribution in [3.63, 3.8) is 0 Å². The Hall–Kier alpha value is -1.27. The van der Waals surface area contributed by atoms with Crippen molar-refractivity contribution in [3.05, 3.63) is 39.0 Å². The molecule has 0 saturated heterocycles. The number of carbonyl (C=O) groups excluding carboxylic acids is 2. The third-order valence-corrected chi connectivity index (χ3v) is 3.89. The molecule has 0 amide bonds. The second-order valence-corrected chi connectivity index (χ2v) is 5.40. The molecule has 6 heteroatoms. The number of hydrogen-bond acceptors (Lipinski definition) is 4. The Balaban J connectivity index is 2.07. The summed E-state index contributed by atoms with van der Waals surface area (Å²) in [5.74, 6) is -0.420. The molecule has 0 fully saturated rings. The van der Waals surface area contributed by atoms with Crippen LogP contribution in [0.3, 0.4) is 0 Å². The smallest absolute Gasteiger partial charge is 0.190 e. The number of Topliss-reactive ketones (excluding diaryl/α,β-unsaturated/α-hetero) is 2. The van der Waals surface area contributed by atoms with Crippen LogP contribution in [0.25, 0.3) is 0 Å². The number of aromatic nitrogens is 2. The van der Waals surface area contributed by atoms with Crippen molar-refractivity contribution in [1.29, 1.82) is 0 Å². The number of carbonyl (C=O) groups is 2. The van der Waals surface area contributed by atoms with E-state index in [2.05, 4.69) is 20.9 Å². The molecule has 88 valence electrons. The van der Waals surface area contributed by atoms with Gasteiger partial charge in [0.25, 0.3) is 0 Å². The number of halogens is 1. The molecule has 4 nitrogen and oxygen atoms in total. The molecule has 2 heterocycles. The van der Waals surface area contributed by atoms with Crippen molar-refractivity contribution >= 4 is 38.8 Å². The van der Waals surface area contributed by atoms with Gasteiger partial charge in [0.2, 0.25) is 0 Å². The number of thiophene rings is 1. The van der Waals surface area contributed by atoms with E-state index in [9.17, 15) is 9.59 Å². The van der Waals surface area contributed by atoms with Crippen molar-refractivity contribution in [3.8, 4) is 0 Å². The molecule has 0 atom stereocenters. The molecular weight excluding hydrogens is 304 g/mol. The number of imidazole rings is 1. The van der Waals surface area contributed by atoms with Crippen LogP contribution < -0.4 is 0 Å². The fourth-order valence-electron chi connectivity index (χ4n) is 1.34. The predicted molar refractivity (Wildman–Crippen MR) is 68.5 cm³/mol.